The molecule has 0 saturated heterocycles. The molecule has 0 atom stereocenters. The zero-order valence-electron chi connectivity index (χ0n) is 13.6. The largest absolute Gasteiger partial charge is 0.496 e. The molecule has 1 aromatic heterocycles. The van der Waals surface area contributed by atoms with Crippen molar-refractivity contribution in [2.45, 2.75) is 19.8 Å². The minimum atomic E-state index is -0.0302. The van der Waals surface area contributed by atoms with Gasteiger partial charge in [-0.15, -0.1) is 10.2 Å². The summed E-state index contributed by atoms with van der Waals surface area (Å²) in [5.74, 6) is 7.45. The number of aryl methyl sites for hydroxylation is 3. The van der Waals surface area contributed by atoms with E-state index in [9.17, 15) is 4.79 Å². The molecule has 23 heavy (non-hydrogen) atoms. The van der Waals surface area contributed by atoms with Gasteiger partial charge in [-0.1, -0.05) is 23.6 Å². The quantitative estimate of drug-likeness (QED) is 0.799. The van der Waals surface area contributed by atoms with E-state index in [1.807, 2.05) is 13.0 Å². The number of tetrazole rings is 1. The summed E-state index contributed by atoms with van der Waals surface area (Å²) in [6.45, 7) is 1.91. The Bertz CT molecular complexity index is 774. The van der Waals surface area contributed by atoms with E-state index in [1.54, 1.807) is 26.5 Å². The van der Waals surface area contributed by atoms with Crippen molar-refractivity contribution in [2.75, 3.05) is 13.4 Å². The molecular weight excluding hydrogens is 312 g/mol. The topological polar surface area (TPSA) is 69.9 Å². The van der Waals surface area contributed by atoms with Crippen molar-refractivity contribution in [1.82, 2.24) is 20.2 Å². The van der Waals surface area contributed by atoms with Crippen LogP contribution in [-0.4, -0.2) is 38.7 Å². The Labute approximate surface area is 139 Å². The van der Waals surface area contributed by atoms with Crippen LogP contribution >= 0.6 is 11.8 Å². The van der Waals surface area contributed by atoms with Gasteiger partial charge in [-0.3, -0.25) is 4.79 Å². The number of thioether (sulfide) groups is 1. The van der Waals surface area contributed by atoms with Gasteiger partial charge in [0.25, 0.3) is 0 Å². The first-order valence-electron chi connectivity index (χ1n) is 7.04. The predicted octanol–water partition coefficient (Wildman–Crippen LogP) is 2.01. The van der Waals surface area contributed by atoms with Crippen molar-refractivity contribution in [1.29, 1.82) is 0 Å². The maximum atomic E-state index is 12.0. The van der Waals surface area contributed by atoms with Crippen molar-refractivity contribution in [3.05, 3.63) is 34.6 Å². The van der Waals surface area contributed by atoms with Gasteiger partial charge in [-0.2, -0.15) is 4.80 Å². The summed E-state index contributed by atoms with van der Waals surface area (Å²) in [4.78, 5) is 13.5. The van der Waals surface area contributed by atoms with E-state index in [-0.39, 0.29) is 5.12 Å². The van der Waals surface area contributed by atoms with Crippen molar-refractivity contribution < 1.29 is 9.53 Å². The lowest BCUT2D eigenvalue weighted by molar-refractivity contribution is 0.108. The molecule has 1 heterocycles. The average molecular weight is 330 g/mol. The van der Waals surface area contributed by atoms with E-state index in [0.29, 0.717) is 30.0 Å². The smallest absolute Gasteiger partial charge is 0.222 e. The molecule has 0 N–H and O–H groups in total. The van der Waals surface area contributed by atoms with Gasteiger partial charge in [0.05, 0.1) is 19.7 Å². The highest BCUT2D eigenvalue weighted by atomic mass is 32.2. The molecule has 6 nitrogen and oxygen atoms in total. The van der Waals surface area contributed by atoms with E-state index < -0.39 is 0 Å². The highest BCUT2D eigenvalue weighted by Gasteiger charge is 2.14. The average Bonchev–Trinajstić information content (AvgIpc) is 2.95. The third-order valence-corrected chi connectivity index (χ3v) is 3.73. The Balaban J connectivity index is 2.15. The number of ether oxygens (including phenoxy) is 1. The first-order chi connectivity index (χ1) is 11.0. The molecule has 2 rings (SSSR count). The Hall–Kier alpha value is -2.33. The predicted molar refractivity (Wildman–Crippen MR) is 89.6 cm³/mol. The Morgan fingerprint density at radius 3 is 2.83 bits per heavy atom. The number of nitrogens with zero attached hydrogens (tertiary/aromatic N) is 4. The molecule has 0 unspecified atom stereocenters. The van der Waals surface area contributed by atoms with Crippen molar-refractivity contribution in [3.63, 3.8) is 0 Å². The first-order valence-corrected chi connectivity index (χ1v) is 8.26. The summed E-state index contributed by atoms with van der Waals surface area (Å²) in [6, 6.07) is 3.70. The minimum Gasteiger partial charge on any atom is -0.496 e. The van der Waals surface area contributed by atoms with E-state index >= 15 is 0 Å². The number of rotatable bonds is 4. The van der Waals surface area contributed by atoms with Gasteiger partial charge >= 0.3 is 0 Å². The molecule has 120 valence electrons. The number of methoxy groups -OCH3 is 1. The van der Waals surface area contributed by atoms with E-state index in [2.05, 4.69) is 27.3 Å². The van der Waals surface area contributed by atoms with Crippen LogP contribution in [0.3, 0.4) is 0 Å². The molecule has 0 aliphatic rings. The summed E-state index contributed by atoms with van der Waals surface area (Å²) >= 11 is 1.16. The molecule has 0 saturated carbocycles. The molecule has 0 radical (unpaired) electrons. The molecule has 1 aromatic carbocycles. The van der Waals surface area contributed by atoms with Crippen molar-refractivity contribution >= 4 is 16.9 Å². The fourth-order valence-electron chi connectivity index (χ4n) is 2.14. The highest BCUT2D eigenvalue weighted by molar-refractivity contribution is 8.13. The second-order valence-corrected chi connectivity index (χ2v) is 5.64. The summed E-state index contributed by atoms with van der Waals surface area (Å²) in [6.07, 6.45) is 3.03. The van der Waals surface area contributed by atoms with Gasteiger partial charge in [0, 0.05) is 18.4 Å². The summed E-state index contributed by atoms with van der Waals surface area (Å²) in [7, 11) is 3.30. The molecule has 0 spiro atoms. The number of hydrogen-bond acceptors (Lipinski definition) is 6. The molecule has 7 heteroatoms. The molecule has 0 bridgehead atoms. The standard InChI is InChI=1S/C16H18N4O2S/c1-11-9-12(10-13(15(11)22-3)16(21)23-4)7-5-6-8-14-17-19-20(2)18-14/h9-10H,6,8H2,1-4H3. The first kappa shape index (κ1) is 17.0. The number of carbonyl (C=O) groups is 1. The van der Waals surface area contributed by atoms with Crippen LogP contribution in [0.4, 0.5) is 0 Å². The van der Waals surface area contributed by atoms with Crippen molar-refractivity contribution in [2.24, 2.45) is 7.05 Å². The number of aromatic nitrogens is 4. The van der Waals surface area contributed by atoms with Crippen LogP contribution in [0, 0.1) is 18.8 Å². The fraction of sp³-hybridized carbons (Fsp3) is 0.375. The van der Waals surface area contributed by atoms with Crippen molar-refractivity contribution in [3.8, 4) is 17.6 Å². The van der Waals surface area contributed by atoms with Crippen LogP contribution in [0.25, 0.3) is 0 Å². The zero-order chi connectivity index (χ0) is 16.8. The van der Waals surface area contributed by atoms with Gasteiger partial charge in [-0.05, 0) is 36.1 Å². The lowest BCUT2D eigenvalue weighted by Gasteiger charge is -2.10. The lowest BCUT2D eigenvalue weighted by Crippen LogP contribution is -2.00. The van der Waals surface area contributed by atoms with Gasteiger partial charge < -0.3 is 4.74 Å². The monoisotopic (exact) mass is 330 g/mol. The Kier molecular flexibility index (Phi) is 5.77. The maximum absolute atomic E-state index is 12.0. The molecule has 0 fully saturated rings. The van der Waals surface area contributed by atoms with Crippen LogP contribution < -0.4 is 4.74 Å². The van der Waals surface area contributed by atoms with Crippen LogP contribution in [-0.2, 0) is 13.5 Å². The highest BCUT2D eigenvalue weighted by Crippen LogP contribution is 2.27. The molecule has 0 aliphatic heterocycles. The van der Waals surface area contributed by atoms with Crippen LogP contribution in [0.5, 0.6) is 5.75 Å². The van der Waals surface area contributed by atoms with Crippen LogP contribution in [0.15, 0.2) is 12.1 Å². The zero-order valence-corrected chi connectivity index (χ0v) is 14.4. The van der Waals surface area contributed by atoms with E-state index in [0.717, 1.165) is 22.9 Å². The number of carbonyl (C=O) groups excluding carboxylic acids is 1. The van der Waals surface area contributed by atoms with Gasteiger partial charge in [0.2, 0.25) is 5.12 Å². The second-order valence-electron chi connectivity index (χ2n) is 4.86. The molecule has 2 aromatic rings. The SMILES string of the molecule is COc1c(C)cc(C#CCCc2nnn(C)n2)cc1C(=O)SC. The minimum absolute atomic E-state index is 0.0302. The summed E-state index contributed by atoms with van der Waals surface area (Å²) < 4.78 is 5.33. The Morgan fingerprint density at radius 1 is 1.43 bits per heavy atom. The number of benzene rings is 1. The number of hydrogen-bond donors (Lipinski definition) is 0. The van der Waals surface area contributed by atoms with Gasteiger partial charge in [0.15, 0.2) is 5.82 Å². The third-order valence-electron chi connectivity index (χ3n) is 3.14. The maximum Gasteiger partial charge on any atom is 0.222 e. The van der Waals surface area contributed by atoms with Gasteiger partial charge in [-0.25, -0.2) is 0 Å². The summed E-state index contributed by atoms with van der Waals surface area (Å²) in [5.41, 5.74) is 2.25. The summed E-state index contributed by atoms with van der Waals surface area (Å²) in [5, 5.41) is 11.8. The van der Waals surface area contributed by atoms with Crippen LogP contribution in [0.2, 0.25) is 0 Å². The lowest BCUT2D eigenvalue weighted by atomic mass is 10.1. The molecule has 0 amide bonds. The van der Waals surface area contributed by atoms with Gasteiger partial charge in [0.1, 0.15) is 5.75 Å². The normalized spacial score (nSPS) is 10.1. The van der Waals surface area contributed by atoms with E-state index in [4.69, 9.17) is 4.74 Å². The third kappa shape index (κ3) is 4.33. The Morgan fingerprint density at radius 2 is 2.22 bits per heavy atom. The molecule has 0 aliphatic carbocycles. The van der Waals surface area contributed by atoms with E-state index in [1.165, 1.54) is 4.80 Å². The van der Waals surface area contributed by atoms with Crippen LogP contribution in [0.1, 0.15) is 33.7 Å². The molecular formula is C16H18N4O2S. The second kappa shape index (κ2) is 7.79. The fourth-order valence-corrected chi connectivity index (χ4v) is 2.51.